The predicted octanol–water partition coefficient (Wildman–Crippen LogP) is 4.16. The second-order valence-corrected chi connectivity index (χ2v) is 5.97. The number of nitrogens with zero attached hydrogens (tertiary/aromatic N) is 1. The van der Waals surface area contributed by atoms with Crippen LogP contribution in [-0.4, -0.2) is 30.5 Å². The molecule has 0 amide bonds. The first-order chi connectivity index (χ1) is 13.4. The van der Waals surface area contributed by atoms with Gasteiger partial charge >= 0.3 is 5.97 Å². The van der Waals surface area contributed by atoms with Crippen molar-refractivity contribution in [3.63, 3.8) is 0 Å². The Bertz CT molecular complexity index is 990. The fourth-order valence-corrected chi connectivity index (χ4v) is 2.87. The van der Waals surface area contributed by atoms with E-state index in [1.807, 2.05) is 30.3 Å². The number of ether oxygens (including phenoxy) is 2. The number of rotatable bonds is 7. The lowest BCUT2D eigenvalue weighted by molar-refractivity contribution is 0.0523. The maximum Gasteiger partial charge on any atom is 0.340 e. The Labute approximate surface area is 164 Å². The minimum atomic E-state index is -0.588. The number of benzene rings is 1. The topological polar surface area (TPSA) is 92.2 Å². The summed E-state index contributed by atoms with van der Waals surface area (Å²) in [6, 6.07) is 9.30. The van der Waals surface area contributed by atoms with E-state index in [2.05, 4.69) is 4.98 Å². The van der Waals surface area contributed by atoms with Crippen molar-refractivity contribution in [2.45, 2.75) is 20.8 Å². The summed E-state index contributed by atoms with van der Waals surface area (Å²) < 4.78 is 10.3. The van der Waals surface area contributed by atoms with Gasteiger partial charge < -0.3 is 14.5 Å². The molecule has 2 aromatic rings. The number of methoxy groups -OCH3 is 1. The van der Waals surface area contributed by atoms with Gasteiger partial charge in [-0.1, -0.05) is 30.4 Å². The van der Waals surface area contributed by atoms with Gasteiger partial charge in [-0.3, -0.25) is 4.79 Å². The summed E-state index contributed by atoms with van der Waals surface area (Å²) in [4.78, 5) is 28.2. The molecule has 144 valence electrons. The largest absolute Gasteiger partial charge is 0.496 e. The predicted molar refractivity (Wildman–Crippen MR) is 106 cm³/mol. The number of aryl methyl sites for hydroxylation is 2. The number of esters is 1. The van der Waals surface area contributed by atoms with Gasteiger partial charge in [0.2, 0.25) is 5.78 Å². The number of aromatic nitrogens is 1. The van der Waals surface area contributed by atoms with Gasteiger partial charge in [-0.15, -0.1) is 0 Å². The molecule has 1 N–H and O–H groups in total. The molecule has 0 aliphatic carbocycles. The van der Waals surface area contributed by atoms with Crippen molar-refractivity contribution in [3.05, 3.63) is 70.1 Å². The highest BCUT2D eigenvalue weighted by molar-refractivity contribution is 6.17. The molecule has 0 atom stereocenters. The minimum absolute atomic E-state index is 0.0844. The van der Waals surface area contributed by atoms with Gasteiger partial charge in [0.25, 0.3) is 0 Å². The Balaban J connectivity index is 2.39. The molecule has 0 unspecified atom stereocenters. The first-order valence-electron chi connectivity index (χ1n) is 8.77. The third kappa shape index (κ3) is 4.38. The van der Waals surface area contributed by atoms with Crippen LogP contribution in [0.4, 0.5) is 0 Å². The Hall–Kier alpha value is -3.59. The fraction of sp³-hybridized carbons (Fsp3) is 0.227. The number of H-pyrrole nitrogens is 1. The molecule has 0 radical (unpaired) electrons. The second kappa shape index (κ2) is 9.38. The Kier molecular flexibility index (Phi) is 6.94. The van der Waals surface area contributed by atoms with Crippen molar-refractivity contribution >= 4 is 17.8 Å². The number of ketones is 1. The van der Waals surface area contributed by atoms with Gasteiger partial charge in [0.05, 0.1) is 24.8 Å². The number of hydrogen-bond acceptors (Lipinski definition) is 5. The van der Waals surface area contributed by atoms with E-state index in [-0.39, 0.29) is 23.3 Å². The van der Waals surface area contributed by atoms with Crippen molar-refractivity contribution in [1.29, 1.82) is 5.26 Å². The molecular weight excluding hydrogens is 356 g/mol. The number of allylic oxidation sites excluding steroid dienone is 3. The fourth-order valence-electron chi connectivity index (χ4n) is 2.87. The quantitative estimate of drug-likeness (QED) is 0.257. The lowest BCUT2D eigenvalue weighted by Crippen LogP contribution is -2.13. The van der Waals surface area contributed by atoms with Crippen molar-refractivity contribution in [1.82, 2.24) is 4.98 Å². The average molecular weight is 378 g/mol. The molecule has 6 heteroatoms. The first kappa shape index (κ1) is 20.7. The van der Waals surface area contributed by atoms with E-state index in [4.69, 9.17) is 9.47 Å². The van der Waals surface area contributed by atoms with Crippen LogP contribution in [-0.2, 0) is 4.74 Å². The molecular formula is C22H22N2O4. The Morgan fingerprint density at radius 1 is 1.18 bits per heavy atom. The Morgan fingerprint density at radius 3 is 2.50 bits per heavy atom. The molecule has 1 aromatic carbocycles. The van der Waals surface area contributed by atoms with Crippen LogP contribution >= 0.6 is 0 Å². The molecule has 6 nitrogen and oxygen atoms in total. The highest BCUT2D eigenvalue weighted by Gasteiger charge is 2.27. The molecule has 0 bridgehead atoms. The lowest BCUT2D eigenvalue weighted by atomic mass is 9.99. The van der Waals surface area contributed by atoms with E-state index < -0.39 is 11.8 Å². The summed E-state index contributed by atoms with van der Waals surface area (Å²) in [5.74, 6) is -0.440. The third-order valence-electron chi connectivity index (χ3n) is 4.12. The maximum atomic E-state index is 12.9. The molecule has 0 aliphatic heterocycles. The smallest absolute Gasteiger partial charge is 0.340 e. The highest BCUT2D eigenvalue weighted by Crippen LogP contribution is 2.23. The number of Topliss-reactive ketones (excluding diaryl/α,β-unsaturated/α-hetero) is 1. The second-order valence-electron chi connectivity index (χ2n) is 5.97. The minimum Gasteiger partial charge on any atom is -0.496 e. The van der Waals surface area contributed by atoms with Gasteiger partial charge in [-0.25, -0.2) is 4.79 Å². The number of aromatic amines is 1. The van der Waals surface area contributed by atoms with Crippen LogP contribution in [0.1, 0.15) is 44.6 Å². The van der Waals surface area contributed by atoms with Crippen LogP contribution in [0.2, 0.25) is 0 Å². The van der Waals surface area contributed by atoms with Crippen LogP contribution in [0.3, 0.4) is 0 Å². The molecule has 1 heterocycles. The summed E-state index contributed by atoms with van der Waals surface area (Å²) in [5, 5.41) is 9.46. The molecule has 28 heavy (non-hydrogen) atoms. The number of carbonyl (C=O) groups is 2. The molecule has 1 aromatic heterocycles. The lowest BCUT2D eigenvalue weighted by Gasteiger charge is -2.05. The normalized spacial score (nSPS) is 11.3. The molecule has 2 rings (SSSR count). The molecule has 0 saturated carbocycles. The van der Waals surface area contributed by atoms with Crippen LogP contribution in [0.15, 0.2) is 42.0 Å². The average Bonchev–Trinajstić information content (AvgIpc) is 2.99. The van der Waals surface area contributed by atoms with Crippen LogP contribution in [0, 0.1) is 25.2 Å². The number of nitriles is 1. The zero-order valence-corrected chi connectivity index (χ0v) is 16.3. The van der Waals surface area contributed by atoms with Gasteiger partial charge in [0, 0.05) is 17.0 Å². The summed E-state index contributed by atoms with van der Waals surface area (Å²) in [6.45, 7) is 5.26. The standard InChI is InChI=1S/C22H22N2O4/c1-5-28-22(26)20-15(3)24-14(2)19(20)21(25)17(13-23)11-8-10-16-9-6-7-12-18(16)27-4/h6-12,24H,5H2,1-4H3/b10-8+,17-11+. The van der Waals surface area contributed by atoms with E-state index in [0.29, 0.717) is 17.1 Å². The molecule has 0 spiro atoms. The first-order valence-corrected chi connectivity index (χ1v) is 8.77. The zero-order chi connectivity index (χ0) is 20.7. The summed E-state index contributed by atoms with van der Waals surface area (Å²) in [5.41, 5.74) is 2.10. The highest BCUT2D eigenvalue weighted by atomic mass is 16.5. The number of carbonyl (C=O) groups excluding carboxylic acids is 2. The number of para-hydroxylation sites is 1. The Morgan fingerprint density at radius 2 is 1.86 bits per heavy atom. The van der Waals surface area contributed by atoms with Crippen molar-refractivity contribution in [2.24, 2.45) is 0 Å². The van der Waals surface area contributed by atoms with Gasteiger partial charge in [-0.05, 0) is 32.9 Å². The number of nitrogens with one attached hydrogen (secondary N) is 1. The molecule has 0 fully saturated rings. The summed E-state index contributed by atoms with van der Waals surface area (Å²) in [6.07, 6.45) is 4.77. The van der Waals surface area contributed by atoms with E-state index in [1.54, 1.807) is 40.0 Å². The summed E-state index contributed by atoms with van der Waals surface area (Å²) >= 11 is 0. The SMILES string of the molecule is CCOC(=O)c1c(C)[nH]c(C)c1C(=O)/C(C#N)=C/C=C/c1ccccc1OC. The van der Waals surface area contributed by atoms with Crippen molar-refractivity contribution in [3.8, 4) is 11.8 Å². The van der Waals surface area contributed by atoms with E-state index in [1.165, 1.54) is 6.08 Å². The van der Waals surface area contributed by atoms with Crippen molar-refractivity contribution < 1.29 is 19.1 Å². The molecule has 0 aliphatic rings. The maximum absolute atomic E-state index is 12.9. The molecule has 0 saturated heterocycles. The summed E-state index contributed by atoms with van der Waals surface area (Å²) in [7, 11) is 1.57. The third-order valence-corrected chi connectivity index (χ3v) is 4.12. The van der Waals surface area contributed by atoms with Crippen molar-refractivity contribution in [2.75, 3.05) is 13.7 Å². The zero-order valence-electron chi connectivity index (χ0n) is 16.3. The van der Waals surface area contributed by atoms with Crippen LogP contribution < -0.4 is 4.74 Å². The van der Waals surface area contributed by atoms with Gasteiger partial charge in [0.1, 0.15) is 17.4 Å². The van der Waals surface area contributed by atoms with Gasteiger partial charge in [0.15, 0.2) is 0 Å². The van der Waals surface area contributed by atoms with Gasteiger partial charge in [-0.2, -0.15) is 5.26 Å². The monoisotopic (exact) mass is 378 g/mol. The van der Waals surface area contributed by atoms with E-state index in [0.717, 1.165) is 5.56 Å². The number of hydrogen-bond donors (Lipinski definition) is 1. The van der Waals surface area contributed by atoms with E-state index >= 15 is 0 Å². The van der Waals surface area contributed by atoms with Crippen LogP contribution in [0.25, 0.3) is 6.08 Å². The van der Waals surface area contributed by atoms with Crippen LogP contribution in [0.5, 0.6) is 5.75 Å². The van der Waals surface area contributed by atoms with E-state index in [9.17, 15) is 14.9 Å².